The molecule has 0 radical (unpaired) electrons. The van der Waals surface area contributed by atoms with E-state index in [4.69, 9.17) is 42.1 Å². The fourth-order valence-corrected chi connectivity index (χ4v) is 2.98. The minimum absolute atomic E-state index is 0.268. The minimum Gasteiger partial charge on any atom is -0.494 e. The van der Waals surface area contributed by atoms with Crippen LogP contribution in [0.15, 0.2) is 30.3 Å². The van der Waals surface area contributed by atoms with E-state index in [-0.39, 0.29) is 22.1 Å². The van der Waals surface area contributed by atoms with Crippen molar-refractivity contribution in [2.24, 2.45) is 0 Å². The second kappa shape index (κ2) is 8.83. The van der Waals surface area contributed by atoms with Crippen LogP contribution in [0.25, 0.3) is 6.08 Å². The molecule has 0 heterocycles. The van der Waals surface area contributed by atoms with Gasteiger partial charge in [-0.05, 0) is 35.9 Å². The second-order valence-electron chi connectivity index (χ2n) is 5.12. The molecule has 138 valence electrons. The van der Waals surface area contributed by atoms with Crippen LogP contribution in [0.5, 0.6) is 23.0 Å². The van der Waals surface area contributed by atoms with Gasteiger partial charge in [-0.3, -0.25) is 4.79 Å². The van der Waals surface area contributed by atoms with E-state index >= 15 is 0 Å². The monoisotopic (exact) mass is 396 g/mol. The second-order valence-corrected chi connectivity index (χ2v) is 5.97. The number of hydrogen-bond acceptors (Lipinski definition) is 5. The number of carbonyl (C=O) groups is 1. The van der Waals surface area contributed by atoms with Crippen molar-refractivity contribution in [2.45, 2.75) is 0 Å². The molecule has 0 saturated carbocycles. The van der Waals surface area contributed by atoms with E-state index in [2.05, 4.69) is 0 Å². The van der Waals surface area contributed by atoms with E-state index in [1.807, 2.05) is 0 Å². The van der Waals surface area contributed by atoms with Crippen molar-refractivity contribution in [3.63, 3.8) is 0 Å². The molecule has 0 saturated heterocycles. The van der Waals surface area contributed by atoms with E-state index in [1.165, 1.54) is 46.6 Å². The lowest BCUT2D eigenvalue weighted by atomic mass is 10.1. The van der Waals surface area contributed by atoms with Gasteiger partial charge in [-0.2, -0.15) is 0 Å². The van der Waals surface area contributed by atoms with Crippen LogP contribution in [0.4, 0.5) is 0 Å². The molecule has 2 rings (SSSR count). The first-order valence-corrected chi connectivity index (χ1v) is 8.26. The summed E-state index contributed by atoms with van der Waals surface area (Å²) in [6.45, 7) is 0. The molecule has 5 nitrogen and oxygen atoms in total. The summed E-state index contributed by atoms with van der Waals surface area (Å²) in [5, 5.41) is 0.616. The predicted octanol–water partition coefficient (Wildman–Crippen LogP) is 4.92. The van der Waals surface area contributed by atoms with Gasteiger partial charge >= 0.3 is 0 Å². The number of halogens is 2. The highest BCUT2D eigenvalue weighted by Gasteiger charge is 2.16. The molecule has 0 aliphatic heterocycles. The quantitative estimate of drug-likeness (QED) is 0.490. The van der Waals surface area contributed by atoms with Crippen LogP contribution in [0.2, 0.25) is 10.0 Å². The molecular formula is C19H18Cl2O5. The third kappa shape index (κ3) is 4.23. The molecule has 0 aromatic heterocycles. The Hall–Kier alpha value is -2.37. The van der Waals surface area contributed by atoms with Gasteiger partial charge in [0.15, 0.2) is 17.3 Å². The summed E-state index contributed by atoms with van der Waals surface area (Å²) in [5.74, 6) is 1.42. The van der Waals surface area contributed by atoms with Gasteiger partial charge < -0.3 is 18.9 Å². The number of benzene rings is 2. The molecular weight excluding hydrogens is 379 g/mol. The van der Waals surface area contributed by atoms with Gasteiger partial charge in [-0.25, -0.2) is 0 Å². The highest BCUT2D eigenvalue weighted by Crippen LogP contribution is 2.38. The Morgan fingerprint density at radius 3 is 1.92 bits per heavy atom. The van der Waals surface area contributed by atoms with Crippen molar-refractivity contribution in [3.05, 3.63) is 51.5 Å². The lowest BCUT2D eigenvalue weighted by Crippen LogP contribution is -2.00. The Bertz CT molecular complexity index is 821. The summed E-state index contributed by atoms with van der Waals surface area (Å²) in [6.07, 6.45) is 3.02. The first-order chi connectivity index (χ1) is 12.4. The number of rotatable bonds is 7. The summed E-state index contributed by atoms with van der Waals surface area (Å²) in [6, 6.07) is 6.48. The predicted molar refractivity (Wildman–Crippen MR) is 102 cm³/mol. The number of ketones is 1. The number of methoxy groups -OCH3 is 4. The zero-order valence-corrected chi connectivity index (χ0v) is 16.3. The number of ether oxygens (including phenoxy) is 4. The van der Waals surface area contributed by atoms with Crippen molar-refractivity contribution in [2.75, 3.05) is 28.4 Å². The maximum Gasteiger partial charge on any atom is 0.203 e. The molecule has 0 fully saturated rings. The molecule has 0 unspecified atom stereocenters. The number of allylic oxidation sites excluding steroid dienone is 1. The zero-order chi connectivity index (χ0) is 19.3. The summed E-state index contributed by atoms with van der Waals surface area (Å²) >= 11 is 12.1. The van der Waals surface area contributed by atoms with Crippen LogP contribution in [-0.2, 0) is 0 Å². The van der Waals surface area contributed by atoms with Crippen LogP contribution >= 0.6 is 23.2 Å². The molecule has 26 heavy (non-hydrogen) atoms. The Morgan fingerprint density at radius 1 is 0.846 bits per heavy atom. The highest BCUT2D eigenvalue weighted by molar-refractivity contribution is 6.36. The van der Waals surface area contributed by atoms with Crippen LogP contribution in [0.3, 0.4) is 0 Å². The Labute approximate surface area is 162 Å². The maximum absolute atomic E-state index is 12.6. The standard InChI is InChI=1S/C19H18Cl2O5/c1-23-16-7-11(8-17(24-2)19(16)26-4)5-6-15(22)13-9-12(20)10-14(21)18(13)25-3/h5-10H,1-4H3. The third-order valence-corrected chi connectivity index (χ3v) is 4.09. The van der Waals surface area contributed by atoms with Crippen LogP contribution in [0, 0.1) is 0 Å². The topological polar surface area (TPSA) is 54.0 Å². The molecule has 0 amide bonds. The zero-order valence-electron chi connectivity index (χ0n) is 14.8. The molecule has 2 aromatic carbocycles. The molecule has 0 aliphatic rings. The molecule has 0 bridgehead atoms. The van der Waals surface area contributed by atoms with E-state index in [1.54, 1.807) is 18.2 Å². The van der Waals surface area contributed by atoms with Crippen molar-refractivity contribution in [3.8, 4) is 23.0 Å². The molecule has 0 spiro atoms. The Balaban J connectivity index is 2.40. The Kier molecular flexibility index (Phi) is 6.77. The average molecular weight is 397 g/mol. The molecule has 2 aromatic rings. The first-order valence-electron chi connectivity index (χ1n) is 7.50. The summed E-state index contributed by atoms with van der Waals surface area (Å²) in [4.78, 5) is 12.6. The van der Waals surface area contributed by atoms with Crippen molar-refractivity contribution < 1.29 is 23.7 Å². The van der Waals surface area contributed by atoms with E-state index in [0.717, 1.165) is 0 Å². The van der Waals surface area contributed by atoms with Gasteiger partial charge in [0.05, 0.1) is 39.0 Å². The third-order valence-electron chi connectivity index (χ3n) is 3.59. The van der Waals surface area contributed by atoms with E-state index in [9.17, 15) is 4.79 Å². The van der Waals surface area contributed by atoms with Crippen molar-refractivity contribution in [1.29, 1.82) is 0 Å². The van der Waals surface area contributed by atoms with Gasteiger partial charge in [-0.15, -0.1) is 0 Å². The molecule has 0 N–H and O–H groups in total. The lowest BCUT2D eigenvalue weighted by Gasteiger charge is -2.13. The maximum atomic E-state index is 12.6. The van der Waals surface area contributed by atoms with Gasteiger partial charge in [0.2, 0.25) is 5.75 Å². The summed E-state index contributed by atoms with van der Waals surface area (Å²) in [5.41, 5.74) is 0.966. The van der Waals surface area contributed by atoms with Crippen molar-refractivity contribution in [1.82, 2.24) is 0 Å². The number of hydrogen-bond donors (Lipinski definition) is 0. The fraction of sp³-hybridized carbons (Fsp3) is 0.211. The molecule has 0 atom stereocenters. The van der Waals surface area contributed by atoms with Crippen LogP contribution in [0.1, 0.15) is 15.9 Å². The van der Waals surface area contributed by atoms with Crippen LogP contribution < -0.4 is 18.9 Å². The van der Waals surface area contributed by atoms with Crippen LogP contribution in [-0.4, -0.2) is 34.2 Å². The minimum atomic E-state index is -0.306. The summed E-state index contributed by atoms with van der Waals surface area (Å²) in [7, 11) is 6.01. The van der Waals surface area contributed by atoms with Gasteiger partial charge in [0.25, 0.3) is 0 Å². The fourth-order valence-electron chi connectivity index (χ4n) is 2.41. The largest absolute Gasteiger partial charge is 0.494 e. The summed E-state index contributed by atoms with van der Waals surface area (Å²) < 4.78 is 21.1. The Morgan fingerprint density at radius 2 is 1.42 bits per heavy atom. The molecule has 0 aliphatic carbocycles. The van der Waals surface area contributed by atoms with Crippen molar-refractivity contribution >= 4 is 35.1 Å². The van der Waals surface area contributed by atoms with Gasteiger partial charge in [-0.1, -0.05) is 29.3 Å². The van der Waals surface area contributed by atoms with E-state index in [0.29, 0.717) is 27.8 Å². The molecule has 7 heteroatoms. The van der Waals surface area contributed by atoms with Gasteiger partial charge in [0.1, 0.15) is 5.75 Å². The average Bonchev–Trinajstić information content (AvgIpc) is 2.64. The number of carbonyl (C=O) groups excluding carboxylic acids is 1. The highest BCUT2D eigenvalue weighted by atomic mass is 35.5. The normalized spacial score (nSPS) is 10.7. The lowest BCUT2D eigenvalue weighted by molar-refractivity contribution is 0.104. The smallest absolute Gasteiger partial charge is 0.203 e. The first kappa shape index (κ1) is 19.9. The van der Waals surface area contributed by atoms with E-state index < -0.39 is 0 Å². The van der Waals surface area contributed by atoms with Gasteiger partial charge in [0, 0.05) is 5.02 Å². The SMILES string of the molecule is COc1cc(C=CC(=O)c2cc(Cl)cc(Cl)c2OC)cc(OC)c1OC.